The van der Waals surface area contributed by atoms with Gasteiger partial charge in [-0.1, -0.05) is 43.7 Å². The monoisotopic (exact) mass is 297 g/mol. The molecule has 0 bridgehead atoms. The average Bonchev–Trinajstić information content (AvgIpc) is 2.47. The largest absolute Gasteiger partial charge is 0.483 e. The molecule has 0 unspecified atom stereocenters. The quantitative estimate of drug-likeness (QED) is 0.885. The standard InChI is InChI=1S/C19H23NO2/c1-13(2)16-6-8-17(9-7-16)20-19(21)12-22-18-10-5-14(3)11-15(18)4/h5-11,13H,12H2,1-4H3,(H,20,21). The Kier molecular flexibility index (Phi) is 5.21. The van der Waals surface area contributed by atoms with Crippen LogP contribution in [0.5, 0.6) is 5.75 Å². The number of ether oxygens (including phenoxy) is 1. The molecule has 0 aromatic heterocycles. The van der Waals surface area contributed by atoms with Crippen LogP contribution in [0.3, 0.4) is 0 Å². The van der Waals surface area contributed by atoms with Crippen LogP contribution < -0.4 is 10.1 Å². The SMILES string of the molecule is Cc1ccc(OCC(=O)Nc2ccc(C(C)C)cc2)c(C)c1. The Morgan fingerprint density at radius 3 is 2.36 bits per heavy atom. The van der Waals surface area contributed by atoms with Crippen molar-refractivity contribution in [1.29, 1.82) is 0 Å². The van der Waals surface area contributed by atoms with E-state index < -0.39 is 0 Å². The third kappa shape index (κ3) is 4.35. The summed E-state index contributed by atoms with van der Waals surface area (Å²) in [6.45, 7) is 8.31. The first kappa shape index (κ1) is 16.1. The molecule has 0 aliphatic carbocycles. The van der Waals surface area contributed by atoms with Crippen LogP contribution in [-0.2, 0) is 4.79 Å². The third-order valence-electron chi connectivity index (χ3n) is 3.55. The average molecular weight is 297 g/mol. The summed E-state index contributed by atoms with van der Waals surface area (Å²) in [7, 11) is 0. The number of rotatable bonds is 5. The molecule has 0 radical (unpaired) electrons. The van der Waals surface area contributed by atoms with E-state index in [9.17, 15) is 4.79 Å². The van der Waals surface area contributed by atoms with Crippen LogP contribution in [0.2, 0.25) is 0 Å². The molecule has 2 aromatic rings. The molecule has 0 atom stereocenters. The van der Waals surface area contributed by atoms with Crippen molar-refractivity contribution in [3.8, 4) is 5.75 Å². The maximum absolute atomic E-state index is 11.9. The van der Waals surface area contributed by atoms with Crippen LogP contribution in [-0.4, -0.2) is 12.5 Å². The van der Waals surface area contributed by atoms with Gasteiger partial charge in [0.1, 0.15) is 5.75 Å². The van der Waals surface area contributed by atoms with Gasteiger partial charge in [0.2, 0.25) is 0 Å². The Morgan fingerprint density at radius 1 is 1.09 bits per heavy atom. The summed E-state index contributed by atoms with van der Waals surface area (Å²) >= 11 is 0. The van der Waals surface area contributed by atoms with Crippen molar-refractivity contribution in [2.45, 2.75) is 33.6 Å². The fourth-order valence-corrected chi connectivity index (χ4v) is 2.25. The number of benzene rings is 2. The molecule has 1 N–H and O–H groups in total. The van der Waals surface area contributed by atoms with Gasteiger partial charge in [0.25, 0.3) is 5.91 Å². The molecule has 0 saturated heterocycles. The van der Waals surface area contributed by atoms with Gasteiger partial charge in [-0.05, 0) is 49.1 Å². The van der Waals surface area contributed by atoms with E-state index in [-0.39, 0.29) is 12.5 Å². The molecule has 22 heavy (non-hydrogen) atoms. The zero-order valence-corrected chi connectivity index (χ0v) is 13.6. The topological polar surface area (TPSA) is 38.3 Å². The highest BCUT2D eigenvalue weighted by Crippen LogP contribution is 2.19. The minimum atomic E-state index is -0.155. The van der Waals surface area contributed by atoms with Crippen molar-refractivity contribution < 1.29 is 9.53 Å². The smallest absolute Gasteiger partial charge is 0.262 e. The lowest BCUT2D eigenvalue weighted by molar-refractivity contribution is -0.118. The molecule has 0 spiro atoms. The van der Waals surface area contributed by atoms with Crippen molar-refractivity contribution in [3.63, 3.8) is 0 Å². The Labute approximate surface area is 132 Å². The second-order valence-electron chi connectivity index (χ2n) is 5.88. The summed E-state index contributed by atoms with van der Waals surface area (Å²) in [6, 6.07) is 13.8. The van der Waals surface area contributed by atoms with Gasteiger partial charge in [-0.25, -0.2) is 0 Å². The fourth-order valence-electron chi connectivity index (χ4n) is 2.25. The molecule has 1 amide bonds. The summed E-state index contributed by atoms with van der Waals surface area (Å²) in [5.74, 6) is 1.07. The predicted octanol–water partition coefficient (Wildman–Crippen LogP) is 4.44. The van der Waals surface area contributed by atoms with E-state index in [0.29, 0.717) is 5.92 Å². The highest BCUT2D eigenvalue weighted by molar-refractivity contribution is 5.91. The van der Waals surface area contributed by atoms with Gasteiger partial charge in [0.15, 0.2) is 6.61 Å². The second kappa shape index (κ2) is 7.12. The van der Waals surface area contributed by atoms with Gasteiger partial charge >= 0.3 is 0 Å². The number of carbonyl (C=O) groups is 1. The Bertz CT molecular complexity index is 645. The molecule has 0 aliphatic heterocycles. The van der Waals surface area contributed by atoms with Crippen LogP contribution >= 0.6 is 0 Å². The van der Waals surface area contributed by atoms with E-state index in [1.54, 1.807) is 0 Å². The minimum Gasteiger partial charge on any atom is -0.483 e. The highest BCUT2D eigenvalue weighted by atomic mass is 16.5. The lowest BCUT2D eigenvalue weighted by Crippen LogP contribution is -2.20. The van der Waals surface area contributed by atoms with E-state index in [1.165, 1.54) is 11.1 Å². The number of hydrogen-bond acceptors (Lipinski definition) is 2. The van der Waals surface area contributed by atoms with Crippen LogP contribution in [0.1, 0.15) is 36.5 Å². The maximum atomic E-state index is 11.9. The van der Waals surface area contributed by atoms with E-state index in [0.717, 1.165) is 17.0 Å². The maximum Gasteiger partial charge on any atom is 0.262 e. The van der Waals surface area contributed by atoms with Crippen LogP contribution in [0.25, 0.3) is 0 Å². The summed E-state index contributed by atoms with van der Waals surface area (Å²) in [4.78, 5) is 11.9. The van der Waals surface area contributed by atoms with E-state index in [2.05, 4.69) is 19.2 Å². The third-order valence-corrected chi connectivity index (χ3v) is 3.55. The second-order valence-corrected chi connectivity index (χ2v) is 5.88. The Morgan fingerprint density at radius 2 is 1.77 bits per heavy atom. The molecular weight excluding hydrogens is 274 g/mol. The summed E-state index contributed by atoms with van der Waals surface area (Å²) in [5.41, 5.74) is 4.26. The van der Waals surface area contributed by atoms with E-state index in [4.69, 9.17) is 4.74 Å². The van der Waals surface area contributed by atoms with Gasteiger partial charge in [-0.3, -0.25) is 4.79 Å². The lowest BCUT2D eigenvalue weighted by Gasteiger charge is -2.11. The summed E-state index contributed by atoms with van der Waals surface area (Å²) in [5, 5.41) is 2.85. The number of aryl methyl sites for hydroxylation is 2. The first-order valence-corrected chi connectivity index (χ1v) is 7.55. The van der Waals surface area contributed by atoms with Crippen LogP contribution in [0.15, 0.2) is 42.5 Å². The highest BCUT2D eigenvalue weighted by Gasteiger charge is 2.06. The molecule has 2 rings (SSSR count). The van der Waals surface area contributed by atoms with Crippen molar-refractivity contribution in [2.24, 2.45) is 0 Å². The normalized spacial score (nSPS) is 10.6. The zero-order valence-electron chi connectivity index (χ0n) is 13.6. The Hall–Kier alpha value is -2.29. The summed E-state index contributed by atoms with van der Waals surface area (Å²) < 4.78 is 5.58. The molecule has 116 valence electrons. The molecular formula is C19H23NO2. The van der Waals surface area contributed by atoms with E-state index >= 15 is 0 Å². The minimum absolute atomic E-state index is 0.00975. The van der Waals surface area contributed by atoms with Crippen LogP contribution in [0, 0.1) is 13.8 Å². The summed E-state index contributed by atoms with van der Waals surface area (Å²) in [6.07, 6.45) is 0. The van der Waals surface area contributed by atoms with Crippen molar-refractivity contribution in [2.75, 3.05) is 11.9 Å². The van der Waals surface area contributed by atoms with E-state index in [1.807, 2.05) is 56.3 Å². The van der Waals surface area contributed by atoms with Gasteiger partial charge in [-0.15, -0.1) is 0 Å². The van der Waals surface area contributed by atoms with Crippen LogP contribution in [0.4, 0.5) is 5.69 Å². The molecule has 0 heterocycles. The van der Waals surface area contributed by atoms with Gasteiger partial charge < -0.3 is 10.1 Å². The first-order valence-electron chi connectivity index (χ1n) is 7.55. The molecule has 3 heteroatoms. The molecule has 2 aromatic carbocycles. The molecule has 0 fully saturated rings. The number of carbonyl (C=O) groups excluding carboxylic acids is 1. The van der Waals surface area contributed by atoms with Crippen molar-refractivity contribution >= 4 is 11.6 Å². The number of amides is 1. The number of nitrogens with one attached hydrogen (secondary N) is 1. The number of hydrogen-bond donors (Lipinski definition) is 1. The number of anilines is 1. The first-order chi connectivity index (χ1) is 10.5. The lowest BCUT2D eigenvalue weighted by atomic mass is 10.0. The molecule has 0 saturated carbocycles. The predicted molar refractivity (Wildman–Crippen MR) is 90.6 cm³/mol. The molecule has 3 nitrogen and oxygen atoms in total. The van der Waals surface area contributed by atoms with Gasteiger partial charge in [0, 0.05) is 5.69 Å². The van der Waals surface area contributed by atoms with Crippen molar-refractivity contribution in [3.05, 3.63) is 59.2 Å². The van der Waals surface area contributed by atoms with Gasteiger partial charge in [0.05, 0.1) is 0 Å². The Balaban J connectivity index is 1.90. The fraction of sp³-hybridized carbons (Fsp3) is 0.316. The molecule has 0 aliphatic rings. The van der Waals surface area contributed by atoms with Crippen molar-refractivity contribution in [1.82, 2.24) is 0 Å². The zero-order chi connectivity index (χ0) is 16.1. The van der Waals surface area contributed by atoms with Gasteiger partial charge in [-0.2, -0.15) is 0 Å².